The molecule has 106 valence electrons. The number of carbonyl (C=O) groups excluding carboxylic acids is 1. The van der Waals surface area contributed by atoms with Crippen LogP contribution in [0.25, 0.3) is 0 Å². The first-order valence-electron chi connectivity index (χ1n) is 6.17. The number of aliphatic hydroxyl groups excluding tert-OH is 2. The number of nitrogens with zero attached hydrogens (tertiary/aromatic N) is 1. The van der Waals surface area contributed by atoms with Gasteiger partial charge in [0.1, 0.15) is 17.2 Å². The van der Waals surface area contributed by atoms with Gasteiger partial charge in [-0.3, -0.25) is 0 Å². The van der Waals surface area contributed by atoms with Crippen LogP contribution in [0.4, 0.5) is 0 Å². The van der Waals surface area contributed by atoms with Crippen molar-refractivity contribution in [3.05, 3.63) is 52.0 Å². The van der Waals surface area contributed by atoms with E-state index in [1.165, 1.54) is 5.38 Å². The van der Waals surface area contributed by atoms with Gasteiger partial charge < -0.3 is 14.9 Å². The van der Waals surface area contributed by atoms with Gasteiger partial charge >= 0.3 is 5.97 Å². The van der Waals surface area contributed by atoms with E-state index in [1.807, 2.05) is 6.07 Å². The zero-order chi connectivity index (χ0) is 14.5. The summed E-state index contributed by atoms with van der Waals surface area (Å²) in [5, 5.41) is 22.0. The van der Waals surface area contributed by atoms with E-state index in [2.05, 4.69) is 4.98 Å². The van der Waals surface area contributed by atoms with Crippen molar-refractivity contribution < 1.29 is 19.7 Å². The zero-order valence-electron chi connectivity index (χ0n) is 10.9. The highest BCUT2D eigenvalue weighted by Gasteiger charge is 2.24. The largest absolute Gasteiger partial charge is 0.461 e. The SMILES string of the molecule is CCOC(=O)c1csc(C(O)C(O)c2ccccc2)n1. The number of aliphatic hydroxyl groups is 2. The van der Waals surface area contributed by atoms with Gasteiger partial charge in [-0.2, -0.15) is 0 Å². The molecule has 1 heterocycles. The Bertz CT molecular complexity index is 570. The highest BCUT2D eigenvalue weighted by Crippen LogP contribution is 2.30. The lowest BCUT2D eigenvalue weighted by atomic mass is 10.1. The molecule has 5 nitrogen and oxygen atoms in total. The molecular formula is C14H15NO4S. The molecule has 6 heteroatoms. The van der Waals surface area contributed by atoms with E-state index >= 15 is 0 Å². The van der Waals surface area contributed by atoms with Crippen LogP contribution in [0.3, 0.4) is 0 Å². The number of ether oxygens (including phenoxy) is 1. The maximum atomic E-state index is 11.5. The van der Waals surface area contributed by atoms with Gasteiger partial charge in [-0.05, 0) is 12.5 Å². The molecule has 0 saturated heterocycles. The zero-order valence-corrected chi connectivity index (χ0v) is 11.7. The number of hydrogen-bond acceptors (Lipinski definition) is 6. The number of thiazole rings is 1. The minimum absolute atomic E-state index is 0.145. The van der Waals surface area contributed by atoms with Crippen LogP contribution in [-0.2, 0) is 4.74 Å². The summed E-state index contributed by atoms with van der Waals surface area (Å²) in [5.41, 5.74) is 0.735. The van der Waals surface area contributed by atoms with Crippen molar-refractivity contribution in [3.63, 3.8) is 0 Å². The Labute approximate surface area is 120 Å². The Morgan fingerprint density at radius 1 is 1.30 bits per heavy atom. The van der Waals surface area contributed by atoms with Gasteiger partial charge in [0.2, 0.25) is 0 Å². The smallest absolute Gasteiger partial charge is 0.357 e. The molecule has 2 N–H and O–H groups in total. The average molecular weight is 293 g/mol. The molecule has 0 aliphatic carbocycles. The lowest BCUT2D eigenvalue weighted by molar-refractivity contribution is 0.0169. The van der Waals surface area contributed by atoms with Gasteiger partial charge in [-0.15, -0.1) is 11.3 Å². The van der Waals surface area contributed by atoms with Crippen molar-refractivity contribution in [3.8, 4) is 0 Å². The first-order chi connectivity index (χ1) is 9.63. The molecule has 0 radical (unpaired) electrons. The van der Waals surface area contributed by atoms with E-state index in [-0.39, 0.29) is 17.3 Å². The van der Waals surface area contributed by atoms with E-state index in [1.54, 1.807) is 31.2 Å². The summed E-state index contributed by atoms with van der Waals surface area (Å²) in [5.74, 6) is -0.531. The molecular weight excluding hydrogens is 278 g/mol. The van der Waals surface area contributed by atoms with E-state index < -0.39 is 18.2 Å². The predicted octanol–water partition coefficient (Wildman–Crippen LogP) is 2.09. The molecule has 2 unspecified atom stereocenters. The maximum absolute atomic E-state index is 11.5. The van der Waals surface area contributed by atoms with Gasteiger partial charge in [-0.1, -0.05) is 30.3 Å². The minimum Gasteiger partial charge on any atom is -0.461 e. The topological polar surface area (TPSA) is 79.7 Å². The molecule has 1 aromatic heterocycles. The summed E-state index contributed by atoms with van der Waals surface area (Å²) < 4.78 is 4.83. The number of rotatable bonds is 5. The Morgan fingerprint density at radius 3 is 2.65 bits per heavy atom. The van der Waals surface area contributed by atoms with Crippen LogP contribution in [0, 0.1) is 0 Å². The molecule has 0 fully saturated rings. The van der Waals surface area contributed by atoms with Crippen molar-refractivity contribution in [2.75, 3.05) is 6.61 Å². The number of aromatic nitrogens is 1. The first-order valence-corrected chi connectivity index (χ1v) is 7.05. The molecule has 0 saturated carbocycles. The Morgan fingerprint density at radius 2 is 2.00 bits per heavy atom. The van der Waals surface area contributed by atoms with Gasteiger partial charge in [0.15, 0.2) is 5.69 Å². The normalized spacial score (nSPS) is 13.8. The monoisotopic (exact) mass is 293 g/mol. The average Bonchev–Trinajstić information content (AvgIpc) is 2.97. The van der Waals surface area contributed by atoms with Crippen LogP contribution in [0.5, 0.6) is 0 Å². The quantitative estimate of drug-likeness (QED) is 0.825. The molecule has 2 aromatic rings. The predicted molar refractivity (Wildman–Crippen MR) is 74.4 cm³/mol. The Kier molecular flexibility index (Phi) is 4.84. The van der Waals surface area contributed by atoms with Crippen LogP contribution in [0.1, 0.15) is 40.2 Å². The third-order valence-electron chi connectivity index (χ3n) is 2.70. The van der Waals surface area contributed by atoms with Crippen LogP contribution < -0.4 is 0 Å². The molecule has 20 heavy (non-hydrogen) atoms. The molecule has 0 amide bonds. The number of hydrogen-bond donors (Lipinski definition) is 2. The second-order valence-electron chi connectivity index (χ2n) is 4.09. The number of esters is 1. The maximum Gasteiger partial charge on any atom is 0.357 e. The molecule has 0 aliphatic rings. The lowest BCUT2D eigenvalue weighted by Gasteiger charge is -2.15. The number of carbonyl (C=O) groups is 1. The van der Waals surface area contributed by atoms with Crippen LogP contribution in [0.15, 0.2) is 35.7 Å². The second-order valence-corrected chi connectivity index (χ2v) is 4.98. The summed E-state index contributed by atoms with van der Waals surface area (Å²) in [6, 6.07) is 8.81. The van der Waals surface area contributed by atoms with Gasteiger partial charge in [0.25, 0.3) is 0 Å². The van der Waals surface area contributed by atoms with E-state index in [0.717, 1.165) is 11.3 Å². The standard InChI is InChI=1S/C14H15NO4S/c1-2-19-14(18)10-8-20-13(15-10)12(17)11(16)9-6-4-3-5-7-9/h3-8,11-12,16-17H,2H2,1H3. The highest BCUT2D eigenvalue weighted by atomic mass is 32.1. The summed E-state index contributed by atoms with van der Waals surface area (Å²) in [4.78, 5) is 15.5. The van der Waals surface area contributed by atoms with Gasteiger partial charge in [0, 0.05) is 5.38 Å². The third-order valence-corrected chi connectivity index (χ3v) is 3.62. The van der Waals surface area contributed by atoms with E-state index in [9.17, 15) is 15.0 Å². The summed E-state index contributed by atoms with van der Waals surface area (Å²) in [6.45, 7) is 1.97. The molecule has 2 rings (SSSR count). The third kappa shape index (κ3) is 3.22. The Hall–Kier alpha value is -1.76. The summed E-state index contributed by atoms with van der Waals surface area (Å²) in [7, 11) is 0. The minimum atomic E-state index is -1.18. The van der Waals surface area contributed by atoms with Crippen LogP contribution in [0.2, 0.25) is 0 Å². The van der Waals surface area contributed by atoms with E-state index in [4.69, 9.17) is 4.74 Å². The fourth-order valence-corrected chi connectivity index (χ4v) is 2.49. The van der Waals surface area contributed by atoms with Crippen molar-refractivity contribution in [2.24, 2.45) is 0 Å². The second kappa shape index (κ2) is 6.60. The van der Waals surface area contributed by atoms with Crippen molar-refractivity contribution in [1.82, 2.24) is 4.98 Å². The van der Waals surface area contributed by atoms with Gasteiger partial charge in [0.05, 0.1) is 6.61 Å². The molecule has 0 bridgehead atoms. The molecule has 2 atom stereocenters. The van der Waals surface area contributed by atoms with Crippen LogP contribution in [-0.4, -0.2) is 27.8 Å². The summed E-state index contributed by atoms with van der Waals surface area (Å²) >= 11 is 1.11. The first kappa shape index (κ1) is 14.6. The fraction of sp³-hybridized carbons (Fsp3) is 0.286. The van der Waals surface area contributed by atoms with Crippen molar-refractivity contribution >= 4 is 17.3 Å². The highest BCUT2D eigenvalue weighted by molar-refractivity contribution is 7.09. The molecule has 1 aromatic carbocycles. The van der Waals surface area contributed by atoms with Crippen molar-refractivity contribution in [2.45, 2.75) is 19.1 Å². The Balaban J connectivity index is 2.13. The fourth-order valence-electron chi connectivity index (χ4n) is 1.69. The van der Waals surface area contributed by atoms with E-state index in [0.29, 0.717) is 5.56 Å². The molecule has 0 spiro atoms. The van der Waals surface area contributed by atoms with Crippen molar-refractivity contribution in [1.29, 1.82) is 0 Å². The molecule has 0 aliphatic heterocycles. The van der Waals surface area contributed by atoms with Gasteiger partial charge in [-0.25, -0.2) is 9.78 Å². The van der Waals surface area contributed by atoms with Crippen LogP contribution >= 0.6 is 11.3 Å². The lowest BCUT2D eigenvalue weighted by Crippen LogP contribution is -2.11. The number of benzene rings is 1. The summed E-state index contributed by atoms with van der Waals surface area (Å²) in [6.07, 6.45) is -2.26.